The van der Waals surface area contributed by atoms with Gasteiger partial charge >= 0.3 is 0 Å². The fourth-order valence-corrected chi connectivity index (χ4v) is 1.41. The molecule has 1 amide bonds. The first-order valence-corrected chi connectivity index (χ1v) is 5.38. The number of carbonyl (C=O) groups excluding carboxylic acids is 1. The molecule has 0 spiro atoms. The van der Waals surface area contributed by atoms with E-state index in [0.29, 0.717) is 4.48 Å². The highest BCUT2D eigenvalue weighted by molar-refractivity contribution is 14.1. The summed E-state index contributed by atoms with van der Waals surface area (Å²) in [7, 11) is 0. The Balaban J connectivity index is 2.75. The highest BCUT2D eigenvalue weighted by atomic mass is 127. The topological polar surface area (TPSA) is 29.1 Å². The van der Waals surface area contributed by atoms with Crippen LogP contribution in [-0.2, 0) is 4.79 Å². The quantitative estimate of drug-likeness (QED) is 0.643. The molecule has 1 aromatic rings. The van der Waals surface area contributed by atoms with Gasteiger partial charge in [0.15, 0.2) is 0 Å². The van der Waals surface area contributed by atoms with Crippen LogP contribution in [0.5, 0.6) is 0 Å². The molecule has 0 atom stereocenters. The van der Waals surface area contributed by atoms with E-state index in [4.69, 9.17) is 0 Å². The minimum atomic E-state index is -0.220. The molecule has 4 heteroatoms. The minimum Gasteiger partial charge on any atom is -0.322 e. The van der Waals surface area contributed by atoms with E-state index in [9.17, 15) is 4.79 Å². The molecule has 0 heterocycles. The summed E-state index contributed by atoms with van der Waals surface area (Å²) in [6, 6.07) is 7.55. The van der Waals surface area contributed by atoms with Gasteiger partial charge in [-0.05, 0) is 56.7 Å². The Morgan fingerprint density at radius 3 is 2.77 bits per heavy atom. The molecule has 0 unspecified atom stereocenters. The van der Waals surface area contributed by atoms with Gasteiger partial charge in [0.05, 0.1) is 4.48 Å². The van der Waals surface area contributed by atoms with Gasteiger partial charge in [-0.1, -0.05) is 12.6 Å². The van der Waals surface area contributed by atoms with Crippen LogP contribution in [0.1, 0.15) is 0 Å². The summed E-state index contributed by atoms with van der Waals surface area (Å²) in [6.07, 6.45) is 0. The Bertz CT molecular complexity index is 351. The van der Waals surface area contributed by atoms with Crippen LogP contribution in [0.15, 0.2) is 35.3 Å². The number of hydrogen-bond donors (Lipinski definition) is 1. The molecule has 68 valence electrons. The average Bonchev–Trinajstić information content (AvgIpc) is 2.04. The van der Waals surface area contributed by atoms with E-state index in [1.54, 1.807) is 0 Å². The van der Waals surface area contributed by atoms with Crippen molar-refractivity contribution < 1.29 is 4.79 Å². The second-order valence-corrected chi connectivity index (χ2v) is 4.57. The standard InChI is InChI=1S/C9H7BrINO/c1-6(10)9(13)12-8-4-2-3-7(11)5-8/h2-5H,1H2,(H,12,13). The van der Waals surface area contributed by atoms with E-state index in [2.05, 4.69) is 50.4 Å². The third kappa shape index (κ3) is 3.48. The molecular weight excluding hydrogens is 345 g/mol. The summed E-state index contributed by atoms with van der Waals surface area (Å²) in [5.41, 5.74) is 0.775. The van der Waals surface area contributed by atoms with Crippen LogP contribution in [0.3, 0.4) is 0 Å². The average molecular weight is 352 g/mol. The molecule has 2 nitrogen and oxygen atoms in total. The van der Waals surface area contributed by atoms with E-state index in [0.717, 1.165) is 9.26 Å². The molecule has 0 radical (unpaired) electrons. The second kappa shape index (κ2) is 4.76. The van der Waals surface area contributed by atoms with Gasteiger partial charge in [-0.3, -0.25) is 4.79 Å². The van der Waals surface area contributed by atoms with Crippen molar-refractivity contribution in [1.82, 2.24) is 0 Å². The van der Waals surface area contributed by atoms with E-state index >= 15 is 0 Å². The van der Waals surface area contributed by atoms with E-state index in [1.165, 1.54) is 0 Å². The molecule has 0 saturated heterocycles. The van der Waals surface area contributed by atoms with Crippen molar-refractivity contribution in [2.45, 2.75) is 0 Å². The summed E-state index contributed by atoms with van der Waals surface area (Å²) in [5, 5.41) is 2.69. The molecule has 0 aliphatic rings. The monoisotopic (exact) mass is 351 g/mol. The molecule has 1 aromatic carbocycles. The Kier molecular flexibility index (Phi) is 3.92. The normalized spacial score (nSPS) is 9.38. The minimum absolute atomic E-state index is 0.220. The number of benzene rings is 1. The molecule has 13 heavy (non-hydrogen) atoms. The molecule has 0 fully saturated rings. The zero-order valence-corrected chi connectivity index (χ0v) is 10.4. The Morgan fingerprint density at radius 2 is 2.23 bits per heavy atom. The van der Waals surface area contributed by atoms with Crippen LogP contribution in [0, 0.1) is 3.57 Å². The van der Waals surface area contributed by atoms with Crippen molar-refractivity contribution in [3.63, 3.8) is 0 Å². The highest BCUT2D eigenvalue weighted by Gasteiger charge is 2.03. The fraction of sp³-hybridized carbons (Fsp3) is 0. The lowest BCUT2D eigenvalue weighted by Crippen LogP contribution is -2.10. The first-order valence-electron chi connectivity index (χ1n) is 3.51. The van der Waals surface area contributed by atoms with E-state index in [1.807, 2.05) is 24.3 Å². The van der Waals surface area contributed by atoms with Gasteiger partial charge in [-0.25, -0.2) is 0 Å². The predicted molar refractivity (Wildman–Crippen MR) is 65.9 cm³/mol. The summed E-state index contributed by atoms with van der Waals surface area (Å²) < 4.78 is 1.40. The van der Waals surface area contributed by atoms with E-state index < -0.39 is 0 Å². The van der Waals surface area contributed by atoms with Gasteiger partial charge in [-0.2, -0.15) is 0 Å². The van der Waals surface area contributed by atoms with Gasteiger partial charge < -0.3 is 5.32 Å². The second-order valence-electron chi connectivity index (χ2n) is 2.37. The number of carbonyl (C=O) groups is 1. The maximum Gasteiger partial charge on any atom is 0.262 e. The third-order valence-corrected chi connectivity index (χ3v) is 2.36. The lowest BCUT2D eigenvalue weighted by Gasteiger charge is -2.03. The maximum absolute atomic E-state index is 11.2. The smallest absolute Gasteiger partial charge is 0.262 e. The van der Waals surface area contributed by atoms with Crippen molar-refractivity contribution in [3.8, 4) is 0 Å². The Labute approximate surface area is 98.7 Å². The lowest BCUT2D eigenvalue weighted by molar-refractivity contribution is -0.112. The number of amides is 1. The number of halogens is 2. The van der Waals surface area contributed by atoms with Crippen LogP contribution in [0.2, 0.25) is 0 Å². The van der Waals surface area contributed by atoms with Crippen LogP contribution in [0.4, 0.5) is 5.69 Å². The highest BCUT2D eigenvalue weighted by Crippen LogP contribution is 2.14. The summed E-state index contributed by atoms with van der Waals surface area (Å²) in [5.74, 6) is -0.220. The molecule has 0 aromatic heterocycles. The van der Waals surface area contributed by atoms with Crippen molar-refractivity contribution in [1.29, 1.82) is 0 Å². The molecular formula is C9H7BrINO. The summed E-state index contributed by atoms with van der Waals surface area (Å²) in [4.78, 5) is 11.2. The molecule has 0 aliphatic carbocycles. The maximum atomic E-state index is 11.2. The van der Waals surface area contributed by atoms with Crippen LogP contribution < -0.4 is 5.32 Å². The largest absolute Gasteiger partial charge is 0.322 e. The van der Waals surface area contributed by atoms with Crippen LogP contribution in [0.25, 0.3) is 0 Å². The van der Waals surface area contributed by atoms with E-state index in [-0.39, 0.29) is 5.91 Å². The number of hydrogen-bond acceptors (Lipinski definition) is 1. The van der Waals surface area contributed by atoms with Gasteiger partial charge in [0.2, 0.25) is 0 Å². The third-order valence-electron chi connectivity index (χ3n) is 1.33. The first kappa shape index (κ1) is 10.7. The Morgan fingerprint density at radius 1 is 1.54 bits per heavy atom. The lowest BCUT2D eigenvalue weighted by atomic mass is 10.3. The van der Waals surface area contributed by atoms with Gasteiger partial charge in [-0.15, -0.1) is 0 Å². The Hall–Kier alpha value is -0.360. The van der Waals surface area contributed by atoms with Gasteiger partial charge in [0.25, 0.3) is 5.91 Å². The van der Waals surface area contributed by atoms with Crippen molar-refractivity contribution in [2.75, 3.05) is 5.32 Å². The molecule has 1 rings (SSSR count). The summed E-state index contributed by atoms with van der Waals surface area (Å²) >= 11 is 5.19. The molecule has 0 bridgehead atoms. The SMILES string of the molecule is C=C(Br)C(=O)Nc1cccc(I)c1. The summed E-state index contributed by atoms with van der Waals surface area (Å²) in [6.45, 7) is 3.48. The van der Waals surface area contributed by atoms with Crippen LogP contribution >= 0.6 is 38.5 Å². The zero-order chi connectivity index (χ0) is 9.84. The molecule has 0 saturated carbocycles. The number of rotatable bonds is 2. The van der Waals surface area contributed by atoms with Crippen molar-refractivity contribution in [3.05, 3.63) is 38.9 Å². The molecule has 1 N–H and O–H groups in total. The first-order chi connectivity index (χ1) is 6.09. The van der Waals surface area contributed by atoms with Crippen LogP contribution in [-0.4, -0.2) is 5.91 Å². The number of anilines is 1. The van der Waals surface area contributed by atoms with Gasteiger partial charge in [0, 0.05) is 9.26 Å². The number of nitrogens with one attached hydrogen (secondary N) is 1. The van der Waals surface area contributed by atoms with Crippen molar-refractivity contribution >= 4 is 50.1 Å². The van der Waals surface area contributed by atoms with Crippen molar-refractivity contribution in [2.24, 2.45) is 0 Å². The van der Waals surface area contributed by atoms with Gasteiger partial charge in [0.1, 0.15) is 0 Å². The zero-order valence-electron chi connectivity index (χ0n) is 6.68. The predicted octanol–water partition coefficient (Wildman–Crippen LogP) is 3.14. The molecule has 0 aliphatic heterocycles. The fourth-order valence-electron chi connectivity index (χ4n) is 0.765.